The van der Waals surface area contributed by atoms with Gasteiger partial charge in [-0.05, 0) is 25.1 Å². The van der Waals surface area contributed by atoms with Crippen LogP contribution in [0.3, 0.4) is 0 Å². The molecule has 3 nitrogen and oxygen atoms in total. The second-order valence-corrected chi connectivity index (χ2v) is 4.35. The summed E-state index contributed by atoms with van der Waals surface area (Å²) in [6.45, 7) is 1.81. The Labute approximate surface area is 99.1 Å². The van der Waals surface area contributed by atoms with E-state index < -0.39 is 5.97 Å². The first-order chi connectivity index (χ1) is 7.61. The molecule has 16 heavy (non-hydrogen) atoms. The van der Waals surface area contributed by atoms with E-state index in [1.165, 1.54) is 6.08 Å². The van der Waals surface area contributed by atoms with Gasteiger partial charge in [0.25, 0.3) is 0 Å². The lowest BCUT2D eigenvalue weighted by Gasteiger charge is -2.04. The third kappa shape index (κ3) is 4.40. The second-order valence-electron chi connectivity index (χ2n) is 3.30. The fraction of sp³-hybridized carbons (Fsp3) is 0.250. The lowest BCUT2D eigenvalue weighted by molar-refractivity contribution is -0.131. The van der Waals surface area contributed by atoms with Gasteiger partial charge in [-0.2, -0.15) is 0 Å². The summed E-state index contributed by atoms with van der Waals surface area (Å²) >= 11 is 1.59. The van der Waals surface area contributed by atoms with Gasteiger partial charge < -0.3 is 9.84 Å². The zero-order valence-electron chi connectivity index (χ0n) is 9.27. The Kier molecular flexibility index (Phi) is 4.92. The van der Waals surface area contributed by atoms with Gasteiger partial charge in [-0.25, -0.2) is 4.79 Å². The average Bonchev–Trinajstić information content (AvgIpc) is 2.26. The summed E-state index contributed by atoms with van der Waals surface area (Å²) in [4.78, 5) is 11.5. The number of thioether (sulfide) groups is 1. The van der Waals surface area contributed by atoms with Crippen LogP contribution in [0.1, 0.15) is 6.92 Å². The van der Waals surface area contributed by atoms with Crippen molar-refractivity contribution in [2.45, 2.75) is 11.8 Å². The molecule has 0 fully saturated rings. The highest BCUT2D eigenvalue weighted by atomic mass is 32.2. The molecular weight excluding hydrogens is 224 g/mol. The van der Waals surface area contributed by atoms with Crippen molar-refractivity contribution in [3.05, 3.63) is 35.9 Å². The van der Waals surface area contributed by atoms with Gasteiger partial charge >= 0.3 is 5.97 Å². The van der Waals surface area contributed by atoms with Crippen LogP contribution in [0.25, 0.3) is 0 Å². The van der Waals surface area contributed by atoms with Crippen LogP contribution in [-0.2, 0) is 4.79 Å². The van der Waals surface area contributed by atoms with Crippen LogP contribution in [0.5, 0.6) is 5.75 Å². The minimum atomic E-state index is -0.899. The Balaban J connectivity index is 2.57. The van der Waals surface area contributed by atoms with E-state index in [0.717, 1.165) is 16.2 Å². The maximum Gasteiger partial charge on any atom is 0.328 e. The van der Waals surface area contributed by atoms with Crippen LogP contribution in [0.15, 0.2) is 40.8 Å². The van der Waals surface area contributed by atoms with Gasteiger partial charge in [0.1, 0.15) is 5.75 Å². The molecule has 0 saturated heterocycles. The quantitative estimate of drug-likeness (QED) is 0.633. The fourth-order valence-corrected chi connectivity index (χ4v) is 1.99. The molecule has 1 aromatic rings. The van der Waals surface area contributed by atoms with Gasteiger partial charge in [-0.1, -0.05) is 11.6 Å². The van der Waals surface area contributed by atoms with Gasteiger partial charge in [0.15, 0.2) is 0 Å². The number of carboxylic acid groups (broad SMARTS) is 1. The third-order valence-electron chi connectivity index (χ3n) is 1.88. The zero-order chi connectivity index (χ0) is 12.0. The van der Waals surface area contributed by atoms with E-state index in [0.29, 0.717) is 5.75 Å². The highest BCUT2D eigenvalue weighted by Crippen LogP contribution is 2.24. The van der Waals surface area contributed by atoms with E-state index in [4.69, 9.17) is 9.84 Å². The first kappa shape index (κ1) is 12.6. The maximum atomic E-state index is 10.4. The summed E-state index contributed by atoms with van der Waals surface area (Å²) in [6.07, 6.45) is 1.23. The molecular formula is C12H14O3S. The predicted octanol–water partition coefficient (Wildman–Crippen LogP) is 2.82. The number of methoxy groups -OCH3 is 1. The zero-order valence-corrected chi connectivity index (χ0v) is 10.1. The number of carboxylic acids is 1. The highest BCUT2D eigenvalue weighted by Gasteiger charge is 1.99. The summed E-state index contributed by atoms with van der Waals surface area (Å²) < 4.78 is 5.10. The van der Waals surface area contributed by atoms with Crippen LogP contribution in [-0.4, -0.2) is 23.9 Å². The molecule has 0 radical (unpaired) electrons. The first-order valence-electron chi connectivity index (χ1n) is 4.79. The van der Waals surface area contributed by atoms with Crippen molar-refractivity contribution in [3.8, 4) is 5.75 Å². The van der Waals surface area contributed by atoms with Crippen molar-refractivity contribution >= 4 is 17.7 Å². The molecule has 0 aliphatic carbocycles. The van der Waals surface area contributed by atoms with Crippen molar-refractivity contribution in [1.82, 2.24) is 0 Å². The smallest absolute Gasteiger partial charge is 0.328 e. The van der Waals surface area contributed by atoms with Crippen molar-refractivity contribution in [2.24, 2.45) is 0 Å². The van der Waals surface area contributed by atoms with E-state index >= 15 is 0 Å². The van der Waals surface area contributed by atoms with Crippen LogP contribution in [0, 0.1) is 0 Å². The van der Waals surface area contributed by atoms with Gasteiger partial charge in [0.05, 0.1) is 7.11 Å². The molecule has 1 rings (SSSR count). The topological polar surface area (TPSA) is 46.5 Å². The molecule has 0 aromatic heterocycles. The summed E-state index contributed by atoms with van der Waals surface area (Å²) in [5.74, 6) is 0.577. The summed E-state index contributed by atoms with van der Waals surface area (Å²) in [5, 5.41) is 8.56. The van der Waals surface area contributed by atoms with Gasteiger partial charge in [-0.15, -0.1) is 11.8 Å². The number of rotatable bonds is 5. The average molecular weight is 238 g/mol. The maximum absolute atomic E-state index is 10.4. The van der Waals surface area contributed by atoms with Crippen LogP contribution >= 0.6 is 11.8 Å². The minimum absolute atomic E-state index is 0.666. The number of hydrogen-bond acceptors (Lipinski definition) is 3. The summed E-state index contributed by atoms with van der Waals surface area (Å²) in [6, 6.07) is 7.70. The number of ether oxygens (including phenoxy) is 1. The lowest BCUT2D eigenvalue weighted by Crippen LogP contribution is -1.91. The summed E-state index contributed by atoms with van der Waals surface area (Å²) in [7, 11) is 1.62. The SMILES string of the molecule is COc1cccc(SCC(C)=CC(=O)O)c1. The minimum Gasteiger partial charge on any atom is -0.497 e. The molecule has 0 atom stereocenters. The molecule has 1 aromatic carbocycles. The standard InChI is InChI=1S/C12H14O3S/c1-9(6-12(13)14)8-16-11-5-3-4-10(7-11)15-2/h3-7H,8H2,1-2H3,(H,13,14). The molecule has 86 valence electrons. The van der Waals surface area contributed by atoms with Crippen molar-refractivity contribution in [1.29, 1.82) is 0 Å². The molecule has 1 N–H and O–H groups in total. The number of carbonyl (C=O) groups is 1. The molecule has 0 bridgehead atoms. The molecule has 0 heterocycles. The van der Waals surface area contributed by atoms with Gasteiger partial charge in [-0.3, -0.25) is 0 Å². The molecule has 0 aliphatic heterocycles. The number of aliphatic carboxylic acids is 1. The summed E-state index contributed by atoms with van der Waals surface area (Å²) in [5.41, 5.74) is 0.834. The van der Waals surface area contributed by atoms with E-state index in [2.05, 4.69) is 0 Å². The third-order valence-corrected chi connectivity index (χ3v) is 3.06. The van der Waals surface area contributed by atoms with Crippen molar-refractivity contribution < 1.29 is 14.6 Å². The van der Waals surface area contributed by atoms with Crippen molar-refractivity contribution in [2.75, 3.05) is 12.9 Å². The molecule has 0 amide bonds. The predicted molar refractivity (Wildman–Crippen MR) is 65.1 cm³/mol. The largest absolute Gasteiger partial charge is 0.497 e. The van der Waals surface area contributed by atoms with Gasteiger partial charge in [0, 0.05) is 16.7 Å². The van der Waals surface area contributed by atoms with E-state index in [9.17, 15) is 4.79 Å². The molecule has 0 saturated carbocycles. The Morgan fingerprint density at radius 1 is 1.56 bits per heavy atom. The van der Waals surface area contributed by atoms with Crippen LogP contribution in [0.4, 0.5) is 0 Å². The number of benzene rings is 1. The Morgan fingerprint density at radius 3 is 2.94 bits per heavy atom. The fourth-order valence-electron chi connectivity index (χ4n) is 1.14. The van der Waals surface area contributed by atoms with Gasteiger partial charge in [0.2, 0.25) is 0 Å². The van der Waals surface area contributed by atoms with Crippen LogP contribution in [0.2, 0.25) is 0 Å². The molecule has 0 aliphatic rings. The Morgan fingerprint density at radius 2 is 2.31 bits per heavy atom. The molecule has 0 spiro atoms. The van der Waals surface area contributed by atoms with Crippen molar-refractivity contribution in [3.63, 3.8) is 0 Å². The van der Waals surface area contributed by atoms with E-state index in [1.54, 1.807) is 25.8 Å². The Bertz CT molecular complexity index is 399. The normalized spacial score (nSPS) is 11.2. The molecule has 4 heteroatoms. The lowest BCUT2D eigenvalue weighted by atomic mass is 10.3. The monoisotopic (exact) mass is 238 g/mol. The number of hydrogen-bond donors (Lipinski definition) is 1. The molecule has 0 unspecified atom stereocenters. The van der Waals surface area contributed by atoms with E-state index in [1.807, 2.05) is 24.3 Å². The first-order valence-corrected chi connectivity index (χ1v) is 5.77. The second kappa shape index (κ2) is 6.23. The van der Waals surface area contributed by atoms with Crippen LogP contribution < -0.4 is 4.74 Å². The Hall–Kier alpha value is -1.42. The highest BCUT2D eigenvalue weighted by molar-refractivity contribution is 7.99. The van der Waals surface area contributed by atoms with E-state index in [-0.39, 0.29) is 0 Å².